The Morgan fingerprint density at radius 3 is 2.33 bits per heavy atom. The fraction of sp³-hybridized carbons (Fsp3) is 0.188. The first-order chi connectivity index (χ1) is 9.95. The van der Waals surface area contributed by atoms with E-state index in [1.165, 1.54) is 0 Å². The molecule has 1 amide bonds. The Kier molecular flexibility index (Phi) is 5.26. The number of nitrogens with one attached hydrogen (secondary N) is 1. The van der Waals surface area contributed by atoms with Crippen molar-refractivity contribution in [1.82, 2.24) is 0 Å². The molecule has 21 heavy (non-hydrogen) atoms. The van der Waals surface area contributed by atoms with Crippen LogP contribution >= 0.6 is 27.5 Å². The zero-order valence-corrected chi connectivity index (χ0v) is 14.1. The molecule has 5 heteroatoms. The number of carbonyl (C=O) groups excluding carboxylic acids is 1. The van der Waals surface area contributed by atoms with Crippen LogP contribution in [0.1, 0.15) is 11.1 Å². The van der Waals surface area contributed by atoms with Gasteiger partial charge in [0.25, 0.3) is 5.91 Å². The van der Waals surface area contributed by atoms with Crippen molar-refractivity contribution < 1.29 is 9.53 Å². The van der Waals surface area contributed by atoms with Crippen LogP contribution in [0.4, 0.5) is 5.69 Å². The van der Waals surface area contributed by atoms with E-state index in [1.807, 2.05) is 26.0 Å². The van der Waals surface area contributed by atoms with Crippen LogP contribution in [0.25, 0.3) is 0 Å². The summed E-state index contributed by atoms with van der Waals surface area (Å²) in [6, 6.07) is 10.8. The molecule has 2 aromatic rings. The maximum atomic E-state index is 12.0. The second-order valence-corrected chi connectivity index (χ2v) is 6.06. The smallest absolute Gasteiger partial charge is 0.262 e. The van der Waals surface area contributed by atoms with Gasteiger partial charge >= 0.3 is 0 Å². The van der Waals surface area contributed by atoms with E-state index in [0.717, 1.165) is 21.3 Å². The SMILES string of the molecule is Cc1cc(Br)cc(C)c1NC(=O)COc1ccc(Cl)cc1. The molecule has 0 spiro atoms. The summed E-state index contributed by atoms with van der Waals surface area (Å²) < 4.78 is 6.41. The van der Waals surface area contributed by atoms with Gasteiger partial charge in [0, 0.05) is 15.2 Å². The van der Waals surface area contributed by atoms with E-state index in [-0.39, 0.29) is 12.5 Å². The fourth-order valence-electron chi connectivity index (χ4n) is 1.96. The summed E-state index contributed by atoms with van der Waals surface area (Å²) in [6.45, 7) is 3.86. The van der Waals surface area contributed by atoms with Crippen molar-refractivity contribution in [2.45, 2.75) is 13.8 Å². The number of amides is 1. The van der Waals surface area contributed by atoms with Crippen molar-refractivity contribution in [1.29, 1.82) is 0 Å². The maximum Gasteiger partial charge on any atom is 0.262 e. The van der Waals surface area contributed by atoms with Gasteiger partial charge in [-0.1, -0.05) is 27.5 Å². The van der Waals surface area contributed by atoms with Crippen molar-refractivity contribution in [3.63, 3.8) is 0 Å². The molecule has 2 aromatic carbocycles. The molecule has 0 atom stereocenters. The highest BCUT2D eigenvalue weighted by molar-refractivity contribution is 9.10. The lowest BCUT2D eigenvalue weighted by molar-refractivity contribution is -0.118. The Morgan fingerprint density at radius 1 is 1.19 bits per heavy atom. The number of benzene rings is 2. The largest absolute Gasteiger partial charge is 0.484 e. The summed E-state index contributed by atoms with van der Waals surface area (Å²) in [4.78, 5) is 12.0. The summed E-state index contributed by atoms with van der Waals surface area (Å²) in [5.41, 5.74) is 2.83. The zero-order chi connectivity index (χ0) is 15.4. The topological polar surface area (TPSA) is 38.3 Å². The molecule has 0 aromatic heterocycles. The summed E-state index contributed by atoms with van der Waals surface area (Å²) >= 11 is 9.22. The van der Waals surface area contributed by atoms with Gasteiger partial charge in [-0.05, 0) is 61.4 Å². The molecule has 3 nitrogen and oxygen atoms in total. The third kappa shape index (κ3) is 4.48. The van der Waals surface area contributed by atoms with E-state index >= 15 is 0 Å². The number of ether oxygens (including phenoxy) is 1. The Bertz CT molecular complexity index is 633. The molecule has 0 aliphatic rings. The first-order valence-corrected chi connectivity index (χ1v) is 7.58. The number of hydrogen-bond acceptors (Lipinski definition) is 2. The Morgan fingerprint density at radius 2 is 1.76 bits per heavy atom. The minimum Gasteiger partial charge on any atom is -0.484 e. The molecule has 0 saturated carbocycles. The van der Waals surface area contributed by atoms with E-state index in [0.29, 0.717) is 10.8 Å². The van der Waals surface area contributed by atoms with Crippen LogP contribution in [-0.4, -0.2) is 12.5 Å². The summed E-state index contributed by atoms with van der Waals surface area (Å²) in [5.74, 6) is 0.414. The normalized spacial score (nSPS) is 10.3. The van der Waals surface area contributed by atoms with Gasteiger partial charge in [0.1, 0.15) is 5.75 Å². The predicted molar refractivity (Wildman–Crippen MR) is 89.2 cm³/mol. The molecular weight excluding hydrogens is 354 g/mol. The van der Waals surface area contributed by atoms with Crippen molar-refractivity contribution in [2.24, 2.45) is 0 Å². The molecule has 110 valence electrons. The predicted octanol–water partition coefficient (Wildman–Crippen LogP) is 4.74. The fourth-order valence-corrected chi connectivity index (χ4v) is 2.78. The molecule has 0 fully saturated rings. The Hall–Kier alpha value is -1.52. The van der Waals surface area contributed by atoms with E-state index in [2.05, 4.69) is 21.2 Å². The van der Waals surface area contributed by atoms with Gasteiger partial charge in [0.15, 0.2) is 6.61 Å². The average molecular weight is 369 g/mol. The van der Waals surface area contributed by atoms with Crippen LogP contribution in [0.2, 0.25) is 5.02 Å². The van der Waals surface area contributed by atoms with E-state index in [9.17, 15) is 4.79 Å². The first kappa shape index (κ1) is 15.9. The van der Waals surface area contributed by atoms with Gasteiger partial charge in [-0.2, -0.15) is 0 Å². The van der Waals surface area contributed by atoms with Crippen LogP contribution < -0.4 is 10.1 Å². The second-order valence-electron chi connectivity index (χ2n) is 4.71. The van der Waals surface area contributed by atoms with Gasteiger partial charge in [-0.15, -0.1) is 0 Å². The number of carbonyl (C=O) groups is 1. The van der Waals surface area contributed by atoms with Gasteiger partial charge in [-0.3, -0.25) is 4.79 Å². The third-order valence-corrected chi connectivity index (χ3v) is 3.66. The summed E-state index contributed by atoms with van der Waals surface area (Å²) in [5, 5.41) is 3.51. The minimum atomic E-state index is -0.196. The number of rotatable bonds is 4. The lowest BCUT2D eigenvalue weighted by Crippen LogP contribution is -2.21. The van der Waals surface area contributed by atoms with E-state index in [1.54, 1.807) is 24.3 Å². The molecule has 0 radical (unpaired) electrons. The van der Waals surface area contributed by atoms with Crippen LogP contribution in [0.15, 0.2) is 40.9 Å². The standard InChI is InChI=1S/C16H15BrClNO2/c1-10-7-12(17)8-11(2)16(10)19-15(20)9-21-14-5-3-13(18)4-6-14/h3-8H,9H2,1-2H3,(H,19,20). The van der Waals surface area contributed by atoms with Crippen molar-refractivity contribution in [3.05, 3.63) is 57.0 Å². The molecular formula is C16H15BrClNO2. The lowest BCUT2D eigenvalue weighted by atomic mass is 10.1. The van der Waals surface area contributed by atoms with Crippen LogP contribution in [0.5, 0.6) is 5.75 Å². The van der Waals surface area contributed by atoms with Gasteiger partial charge in [0.2, 0.25) is 0 Å². The number of halogens is 2. The van der Waals surface area contributed by atoms with Gasteiger partial charge < -0.3 is 10.1 Å². The highest BCUT2D eigenvalue weighted by Gasteiger charge is 2.09. The second kappa shape index (κ2) is 6.96. The number of hydrogen-bond donors (Lipinski definition) is 1. The maximum absolute atomic E-state index is 12.0. The minimum absolute atomic E-state index is 0.0451. The highest BCUT2D eigenvalue weighted by atomic mass is 79.9. The molecule has 0 saturated heterocycles. The molecule has 2 rings (SSSR count). The van der Waals surface area contributed by atoms with Crippen LogP contribution in [0.3, 0.4) is 0 Å². The Balaban J connectivity index is 1.97. The molecule has 0 aliphatic heterocycles. The third-order valence-electron chi connectivity index (χ3n) is 2.95. The molecule has 0 aliphatic carbocycles. The average Bonchev–Trinajstić information content (AvgIpc) is 2.42. The van der Waals surface area contributed by atoms with Crippen LogP contribution in [-0.2, 0) is 4.79 Å². The van der Waals surface area contributed by atoms with E-state index < -0.39 is 0 Å². The first-order valence-electron chi connectivity index (χ1n) is 6.40. The highest BCUT2D eigenvalue weighted by Crippen LogP contribution is 2.25. The molecule has 0 heterocycles. The molecule has 0 unspecified atom stereocenters. The summed E-state index contributed by atoms with van der Waals surface area (Å²) in [7, 11) is 0. The van der Waals surface area contributed by atoms with Crippen molar-refractivity contribution in [2.75, 3.05) is 11.9 Å². The van der Waals surface area contributed by atoms with E-state index in [4.69, 9.17) is 16.3 Å². The number of anilines is 1. The molecule has 0 bridgehead atoms. The van der Waals surface area contributed by atoms with Crippen molar-refractivity contribution in [3.8, 4) is 5.75 Å². The monoisotopic (exact) mass is 367 g/mol. The van der Waals surface area contributed by atoms with Crippen LogP contribution in [0, 0.1) is 13.8 Å². The zero-order valence-electron chi connectivity index (χ0n) is 11.7. The lowest BCUT2D eigenvalue weighted by Gasteiger charge is -2.13. The Labute approximate surface area is 137 Å². The van der Waals surface area contributed by atoms with Gasteiger partial charge in [0.05, 0.1) is 0 Å². The van der Waals surface area contributed by atoms with Gasteiger partial charge in [-0.25, -0.2) is 0 Å². The molecule has 1 N–H and O–H groups in total. The van der Waals surface area contributed by atoms with Crippen molar-refractivity contribution >= 4 is 39.1 Å². The number of aryl methyl sites for hydroxylation is 2. The quantitative estimate of drug-likeness (QED) is 0.846. The summed E-state index contributed by atoms with van der Waals surface area (Å²) in [6.07, 6.45) is 0.